The number of hydrogen-bond acceptors (Lipinski definition) is 9. The summed E-state index contributed by atoms with van der Waals surface area (Å²) in [5, 5.41) is 9.65. The van der Waals surface area contributed by atoms with Gasteiger partial charge in [0.2, 0.25) is 0 Å². The highest BCUT2D eigenvalue weighted by atomic mass is 16.7. The first-order valence-corrected chi connectivity index (χ1v) is 13.7. The Morgan fingerprint density at radius 1 is 0.897 bits per heavy atom. The Morgan fingerprint density at radius 2 is 1.46 bits per heavy atom. The van der Waals surface area contributed by atoms with Crippen molar-refractivity contribution < 1.29 is 43.2 Å². The van der Waals surface area contributed by atoms with E-state index in [2.05, 4.69) is 0 Å². The third-order valence-corrected chi connectivity index (χ3v) is 6.01. The smallest absolute Gasteiger partial charge is 0.480 e. The minimum absolute atomic E-state index is 0.00529. The molecule has 0 spiro atoms. The van der Waals surface area contributed by atoms with Gasteiger partial charge in [0.1, 0.15) is 12.1 Å². The Balaban J connectivity index is 3.24. The molecule has 0 aliphatic heterocycles. The maximum absolute atomic E-state index is 12.5. The molecule has 3 atom stereocenters. The van der Waals surface area contributed by atoms with Gasteiger partial charge in [-0.25, -0.2) is 4.79 Å². The van der Waals surface area contributed by atoms with Crippen LogP contribution in [0.25, 0.3) is 0 Å². The molecular weight excluding hydrogens is 506 g/mol. The van der Waals surface area contributed by atoms with Crippen LogP contribution in [0.1, 0.15) is 98.0 Å². The Morgan fingerprint density at radius 3 is 1.97 bits per heavy atom. The minimum atomic E-state index is -1.35. The molecule has 39 heavy (non-hydrogen) atoms. The summed E-state index contributed by atoms with van der Waals surface area (Å²) in [6, 6.07) is 3.13. The topological polar surface area (TPSA) is 151 Å². The van der Waals surface area contributed by atoms with Gasteiger partial charge in [0, 0.05) is 18.8 Å². The quantitative estimate of drug-likeness (QED) is 0.142. The van der Waals surface area contributed by atoms with E-state index >= 15 is 0 Å². The fourth-order valence-electron chi connectivity index (χ4n) is 3.65. The lowest BCUT2D eigenvalue weighted by Gasteiger charge is -2.25. The Kier molecular flexibility index (Phi) is 15.2. The molecule has 0 heterocycles. The second kappa shape index (κ2) is 17.4. The highest BCUT2D eigenvalue weighted by Crippen LogP contribution is 2.35. The summed E-state index contributed by atoms with van der Waals surface area (Å²) in [4.78, 5) is 48.8. The monoisotopic (exact) mass is 551 g/mol. The zero-order valence-corrected chi connectivity index (χ0v) is 24.1. The van der Waals surface area contributed by atoms with Crippen molar-refractivity contribution in [3.63, 3.8) is 0 Å². The number of esters is 2. The van der Waals surface area contributed by atoms with E-state index < -0.39 is 42.1 Å². The lowest BCUT2D eigenvalue weighted by atomic mass is 9.87. The highest BCUT2D eigenvalue weighted by molar-refractivity contribution is 5.77. The zero-order valence-electron chi connectivity index (χ0n) is 24.1. The summed E-state index contributed by atoms with van der Waals surface area (Å²) < 4.78 is 21.4. The van der Waals surface area contributed by atoms with Crippen LogP contribution in [0, 0.1) is 11.8 Å². The number of unbranched alkanes of at least 4 members (excludes halogenated alkanes) is 1. The van der Waals surface area contributed by atoms with Gasteiger partial charge in [-0.1, -0.05) is 47.1 Å². The summed E-state index contributed by atoms with van der Waals surface area (Å²) in [6.07, 6.45) is 1.63. The first-order chi connectivity index (χ1) is 18.3. The third-order valence-electron chi connectivity index (χ3n) is 6.01. The number of carboxylic acid groups (broad SMARTS) is 1. The van der Waals surface area contributed by atoms with Gasteiger partial charge < -0.3 is 29.8 Å². The molecule has 3 N–H and O–H groups in total. The van der Waals surface area contributed by atoms with Gasteiger partial charge in [-0.15, -0.1) is 0 Å². The molecule has 0 aliphatic carbocycles. The van der Waals surface area contributed by atoms with E-state index in [1.54, 1.807) is 13.0 Å². The number of nitrogens with two attached hydrogens (primary N) is 1. The SMILES string of the molecule is CCCCOC(=O)OC(C)CC(c1ccc(OC(=O)CCC(C)C)c(OC(=O)CCC(C)C)c1)[C@H](N)C(=O)O. The second-order valence-electron chi connectivity index (χ2n) is 10.6. The van der Waals surface area contributed by atoms with Crippen molar-refractivity contribution >= 4 is 24.1 Å². The average Bonchev–Trinajstić information content (AvgIpc) is 2.85. The molecule has 0 aromatic heterocycles. The lowest BCUT2D eigenvalue weighted by molar-refractivity contribution is -0.139. The van der Waals surface area contributed by atoms with E-state index in [-0.39, 0.29) is 43.3 Å². The molecule has 10 heteroatoms. The number of benzene rings is 1. The number of ether oxygens (including phenoxy) is 4. The molecule has 0 saturated carbocycles. The average molecular weight is 552 g/mol. The molecule has 1 rings (SSSR count). The Labute approximate surface area is 231 Å². The van der Waals surface area contributed by atoms with Gasteiger partial charge in [-0.3, -0.25) is 14.4 Å². The molecule has 1 aromatic rings. The van der Waals surface area contributed by atoms with E-state index in [0.717, 1.165) is 6.42 Å². The summed E-state index contributed by atoms with van der Waals surface area (Å²) in [5.74, 6) is -2.42. The summed E-state index contributed by atoms with van der Waals surface area (Å²) in [7, 11) is 0. The maximum Gasteiger partial charge on any atom is 0.508 e. The van der Waals surface area contributed by atoms with Gasteiger partial charge in [-0.05, 0) is 62.1 Å². The molecule has 1 aromatic carbocycles. The van der Waals surface area contributed by atoms with E-state index in [4.69, 9.17) is 24.7 Å². The molecule has 0 radical (unpaired) electrons. The lowest BCUT2D eigenvalue weighted by Crippen LogP contribution is -2.38. The van der Waals surface area contributed by atoms with Gasteiger partial charge in [-0.2, -0.15) is 0 Å². The van der Waals surface area contributed by atoms with Crippen LogP contribution in [0.4, 0.5) is 4.79 Å². The van der Waals surface area contributed by atoms with Crippen LogP contribution in [0.3, 0.4) is 0 Å². The van der Waals surface area contributed by atoms with Crippen molar-refractivity contribution in [1.82, 2.24) is 0 Å². The molecule has 220 valence electrons. The predicted molar refractivity (Wildman–Crippen MR) is 146 cm³/mol. The van der Waals surface area contributed by atoms with E-state index in [0.29, 0.717) is 30.7 Å². The van der Waals surface area contributed by atoms with Crippen molar-refractivity contribution in [1.29, 1.82) is 0 Å². The van der Waals surface area contributed by atoms with Crippen molar-refractivity contribution in [2.75, 3.05) is 6.61 Å². The molecule has 0 aliphatic rings. The third kappa shape index (κ3) is 13.5. The highest BCUT2D eigenvalue weighted by Gasteiger charge is 2.30. The summed E-state index contributed by atoms with van der Waals surface area (Å²) >= 11 is 0. The normalized spacial score (nSPS) is 13.5. The van der Waals surface area contributed by atoms with Crippen LogP contribution in [0.15, 0.2) is 18.2 Å². The van der Waals surface area contributed by atoms with Crippen LogP contribution < -0.4 is 15.2 Å². The number of hydrogen-bond donors (Lipinski definition) is 2. The van der Waals surface area contributed by atoms with Gasteiger partial charge in [0.15, 0.2) is 11.5 Å². The van der Waals surface area contributed by atoms with E-state index in [9.17, 15) is 24.3 Å². The van der Waals surface area contributed by atoms with Gasteiger partial charge in [0.05, 0.1) is 6.61 Å². The van der Waals surface area contributed by atoms with Crippen molar-refractivity contribution in [2.45, 2.75) is 105 Å². The van der Waals surface area contributed by atoms with E-state index in [1.807, 2.05) is 34.6 Å². The first-order valence-electron chi connectivity index (χ1n) is 13.7. The molecular formula is C29H45NO9. The number of rotatable bonds is 17. The van der Waals surface area contributed by atoms with E-state index in [1.165, 1.54) is 12.1 Å². The molecule has 0 fully saturated rings. The fraction of sp³-hybridized carbons (Fsp3) is 0.655. The van der Waals surface area contributed by atoms with Crippen molar-refractivity contribution in [3.05, 3.63) is 23.8 Å². The fourth-order valence-corrected chi connectivity index (χ4v) is 3.65. The molecule has 0 saturated heterocycles. The molecule has 0 bridgehead atoms. The number of carbonyl (C=O) groups excluding carboxylic acids is 3. The second-order valence-corrected chi connectivity index (χ2v) is 10.6. The van der Waals surface area contributed by atoms with Crippen LogP contribution in [-0.4, -0.2) is 47.9 Å². The van der Waals surface area contributed by atoms with Crippen LogP contribution in [0.5, 0.6) is 11.5 Å². The van der Waals surface area contributed by atoms with Crippen LogP contribution in [-0.2, 0) is 23.9 Å². The molecule has 0 amide bonds. The van der Waals surface area contributed by atoms with Gasteiger partial charge >= 0.3 is 24.1 Å². The molecule has 10 nitrogen and oxygen atoms in total. The van der Waals surface area contributed by atoms with Crippen molar-refractivity contribution in [2.24, 2.45) is 17.6 Å². The number of aliphatic carboxylic acids is 1. The summed E-state index contributed by atoms with van der Waals surface area (Å²) in [5.41, 5.74) is 6.45. The largest absolute Gasteiger partial charge is 0.508 e. The van der Waals surface area contributed by atoms with Crippen molar-refractivity contribution in [3.8, 4) is 11.5 Å². The zero-order chi connectivity index (χ0) is 29.5. The predicted octanol–water partition coefficient (Wildman–Crippen LogP) is 5.60. The Bertz CT molecular complexity index is 945. The maximum atomic E-state index is 12.5. The Hall–Kier alpha value is -3.14. The number of carboxylic acids is 1. The summed E-state index contributed by atoms with van der Waals surface area (Å²) in [6.45, 7) is 11.7. The minimum Gasteiger partial charge on any atom is -0.480 e. The molecule has 2 unspecified atom stereocenters. The first kappa shape index (κ1) is 33.9. The van der Waals surface area contributed by atoms with Crippen LogP contribution in [0.2, 0.25) is 0 Å². The van der Waals surface area contributed by atoms with Gasteiger partial charge in [0.25, 0.3) is 0 Å². The number of carbonyl (C=O) groups is 4. The standard InChI is InChI=1S/C29H45NO9/c1-7-8-15-36-29(35)37-20(6)16-22(27(30)28(33)34)21-11-12-23(38-25(31)13-9-18(2)3)24(17-21)39-26(32)14-10-19(4)5/h11-12,17-20,22,27H,7-10,13-16,30H2,1-6H3,(H,33,34)/t20?,22?,27-/m0/s1. The van der Waals surface area contributed by atoms with Crippen LogP contribution >= 0.6 is 0 Å².